The standard InChI is InChI=1S/C10H11BrN4O2/c1-10(2,3)17-9(16)15-8-6(4-14-15)7(11)12-5-13-8/h4-5H,1-3H3. The zero-order chi connectivity index (χ0) is 12.6. The molecule has 7 heteroatoms. The zero-order valence-corrected chi connectivity index (χ0v) is 11.2. The van der Waals surface area contributed by atoms with Gasteiger partial charge in [0.1, 0.15) is 16.5 Å². The number of aromatic nitrogens is 4. The summed E-state index contributed by atoms with van der Waals surface area (Å²) < 4.78 is 6.93. The van der Waals surface area contributed by atoms with Crippen LogP contribution in [0.25, 0.3) is 11.0 Å². The molecule has 0 N–H and O–H groups in total. The Balaban J connectivity index is 2.43. The molecule has 17 heavy (non-hydrogen) atoms. The molecule has 2 heterocycles. The first-order chi connectivity index (χ1) is 7.88. The molecule has 0 bridgehead atoms. The minimum Gasteiger partial charge on any atom is -0.442 e. The molecule has 2 aromatic heterocycles. The van der Waals surface area contributed by atoms with E-state index in [2.05, 4.69) is 31.0 Å². The number of hydrogen-bond donors (Lipinski definition) is 0. The van der Waals surface area contributed by atoms with Crippen LogP contribution in [0.1, 0.15) is 20.8 Å². The Kier molecular flexibility index (Phi) is 2.86. The average molecular weight is 299 g/mol. The van der Waals surface area contributed by atoms with Crippen LogP contribution in [0, 0.1) is 0 Å². The molecule has 0 unspecified atom stereocenters. The van der Waals surface area contributed by atoms with Crippen molar-refractivity contribution < 1.29 is 9.53 Å². The zero-order valence-electron chi connectivity index (χ0n) is 9.64. The van der Waals surface area contributed by atoms with E-state index in [1.807, 2.05) is 0 Å². The van der Waals surface area contributed by atoms with Gasteiger partial charge < -0.3 is 4.74 Å². The molecule has 0 amide bonds. The van der Waals surface area contributed by atoms with Gasteiger partial charge in [-0.05, 0) is 36.7 Å². The fourth-order valence-corrected chi connectivity index (χ4v) is 1.63. The molecule has 0 saturated heterocycles. The molecule has 0 radical (unpaired) electrons. The van der Waals surface area contributed by atoms with E-state index in [9.17, 15) is 4.79 Å². The first-order valence-electron chi connectivity index (χ1n) is 4.96. The van der Waals surface area contributed by atoms with Crippen LogP contribution in [-0.4, -0.2) is 31.4 Å². The van der Waals surface area contributed by atoms with E-state index in [1.165, 1.54) is 12.5 Å². The molecule has 0 fully saturated rings. The van der Waals surface area contributed by atoms with Gasteiger partial charge in [-0.1, -0.05) is 0 Å². The van der Waals surface area contributed by atoms with E-state index in [4.69, 9.17) is 4.74 Å². The average Bonchev–Trinajstić information content (AvgIpc) is 2.60. The quantitative estimate of drug-likeness (QED) is 0.698. The Bertz CT molecular complexity index is 573. The molecular weight excluding hydrogens is 288 g/mol. The molecule has 0 spiro atoms. The van der Waals surface area contributed by atoms with Crippen LogP contribution in [0.3, 0.4) is 0 Å². The third-order valence-electron chi connectivity index (χ3n) is 1.88. The number of hydrogen-bond acceptors (Lipinski definition) is 5. The SMILES string of the molecule is CC(C)(C)OC(=O)n1ncc2c(Br)ncnc21. The molecule has 2 aromatic rings. The van der Waals surface area contributed by atoms with Crippen molar-refractivity contribution in [2.45, 2.75) is 26.4 Å². The van der Waals surface area contributed by atoms with E-state index in [1.54, 1.807) is 20.8 Å². The molecule has 2 rings (SSSR count). The van der Waals surface area contributed by atoms with Crippen molar-refractivity contribution in [1.29, 1.82) is 0 Å². The van der Waals surface area contributed by atoms with Crippen molar-refractivity contribution in [3.8, 4) is 0 Å². The highest BCUT2D eigenvalue weighted by Crippen LogP contribution is 2.19. The smallest absolute Gasteiger partial charge is 0.437 e. The maximum absolute atomic E-state index is 11.8. The Morgan fingerprint density at radius 3 is 2.76 bits per heavy atom. The van der Waals surface area contributed by atoms with Gasteiger partial charge in [0.15, 0.2) is 5.65 Å². The van der Waals surface area contributed by atoms with Crippen molar-refractivity contribution in [1.82, 2.24) is 19.7 Å². The third-order valence-corrected chi connectivity index (χ3v) is 2.52. The summed E-state index contributed by atoms with van der Waals surface area (Å²) >= 11 is 3.26. The second kappa shape index (κ2) is 4.06. The van der Waals surface area contributed by atoms with E-state index < -0.39 is 11.7 Å². The Morgan fingerprint density at radius 1 is 1.41 bits per heavy atom. The first kappa shape index (κ1) is 12.0. The minimum absolute atomic E-state index is 0.418. The van der Waals surface area contributed by atoms with Crippen molar-refractivity contribution in [3.63, 3.8) is 0 Å². The molecule has 6 nitrogen and oxygen atoms in total. The van der Waals surface area contributed by atoms with E-state index in [-0.39, 0.29) is 0 Å². The van der Waals surface area contributed by atoms with Crippen LogP contribution >= 0.6 is 15.9 Å². The van der Waals surface area contributed by atoms with Gasteiger partial charge in [-0.25, -0.2) is 14.8 Å². The summed E-state index contributed by atoms with van der Waals surface area (Å²) in [6.07, 6.45) is 2.32. The summed E-state index contributed by atoms with van der Waals surface area (Å²) in [4.78, 5) is 19.8. The Morgan fingerprint density at radius 2 is 2.12 bits per heavy atom. The monoisotopic (exact) mass is 298 g/mol. The van der Waals surface area contributed by atoms with E-state index in [0.717, 1.165) is 4.68 Å². The van der Waals surface area contributed by atoms with Crippen LogP contribution in [0.2, 0.25) is 0 Å². The molecule has 0 atom stereocenters. The topological polar surface area (TPSA) is 69.9 Å². The summed E-state index contributed by atoms with van der Waals surface area (Å²) in [5, 5.41) is 4.62. The third kappa shape index (κ3) is 2.44. The number of fused-ring (bicyclic) bond motifs is 1. The van der Waals surface area contributed by atoms with Gasteiger partial charge in [0.25, 0.3) is 0 Å². The lowest BCUT2D eigenvalue weighted by Gasteiger charge is -2.18. The lowest BCUT2D eigenvalue weighted by atomic mass is 10.2. The predicted molar refractivity (Wildman–Crippen MR) is 64.7 cm³/mol. The molecule has 0 aliphatic heterocycles. The van der Waals surface area contributed by atoms with Gasteiger partial charge in [0.2, 0.25) is 0 Å². The summed E-state index contributed by atoms with van der Waals surface area (Å²) in [6, 6.07) is 0. The largest absolute Gasteiger partial charge is 0.442 e. The van der Waals surface area contributed by atoms with Crippen molar-refractivity contribution in [2.75, 3.05) is 0 Å². The highest BCUT2D eigenvalue weighted by molar-refractivity contribution is 9.10. The maximum atomic E-state index is 11.8. The van der Waals surface area contributed by atoms with Crippen LogP contribution in [0.4, 0.5) is 4.79 Å². The summed E-state index contributed by atoms with van der Waals surface area (Å²) in [5.41, 5.74) is -0.152. The first-order valence-corrected chi connectivity index (χ1v) is 5.75. The molecule has 90 valence electrons. The van der Waals surface area contributed by atoms with Crippen molar-refractivity contribution in [2.24, 2.45) is 0 Å². The van der Waals surface area contributed by atoms with E-state index >= 15 is 0 Å². The maximum Gasteiger partial charge on any atom is 0.437 e. The normalized spacial score (nSPS) is 11.8. The minimum atomic E-state index is -0.570. The predicted octanol–water partition coefficient (Wildman–Crippen LogP) is 2.37. The number of carbonyl (C=O) groups excluding carboxylic acids is 1. The van der Waals surface area contributed by atoms with Crippen molar-refractivity contribution in [3.05, 3.63) is 17.1 Å². The van der Waals surface area contributed by atoms with Gasteiger partial charge in [0.05, 0.1) is 11.6 Å². The summed E-state index contributed by atoms with van der Waals surface area (Å²) in [7, 11) is 0. The number of rotatable bonds is 0. The fraction of sp³-hybridized carbons (Fsp3) is 0.400. The molecule has 0 saturated carbocycles. The van der Waals surface area contributed by atoms with Gasteiger partial charge in [-0.3, -0.25) is 0 Å². The molecule has 0 aliphatic carbocycles. The summed E-state index contributed by atoms with van der Waals surface area (Å²) in [6.45, 7) is 5.38. The Labute approximate surface area is 106 Å². The fourth-order valence-electron chi connectivity index (χ4n) is 1.25. The van der Waals surface area contributed by atoms with Crippen LogP contribution in [0.5, 0.6) is 0 Å². The molecule has 0 aliphatic rings. The second-order valence-corrected chi connectivity index (χ2v) is 5.19. The van der Waals surface area contributed by atoms with Gasteiger partial charge in [-0.15, -0.1) is 4.68 Å². The van der Waals surface area contributed by atoms with Crippen molar-refractivity contribution >= 4 is 33.1 Å². The summed E-state index contributed by atoms with van der Waals surface area (Å²) in [5.74, 6) is 0. The number of ether oxygens (including phenoxy) is 1. The highest BCUT2D eigenvalue weighted by atomic mass is 79.9. The molecule has 0 aromatic carbocycles. The van der Waals surface area contributed by atoms with Crippen LogP contribution in [0.15, 0.2) is 17.1 Å². The van der Waals surface area contributed by atoms with E-state index in [0.29, 0.717) is 15.6 Å². The number of halogens is 1. The highest BCUT2D eigenvalue weighted by Gasteiger charge is 2.21. The van der Waals surface area contributed by atoms with Gasteiger partial charge >= 0.3 is 6.09 Å². The second-order valence-electron chi connectivity index (χ2n) is 4.44. The number of nitrogens with zero attached hydrogens (tertiary/aromatic N) is 4. The number of carbonyl (C=O) groups is 1. The van der Waals surface area contributed by atoms with Gasteiger partial charge in [0, 0.05) is 0 Å². The molecular formula is C10H11BrN4O2. The van der Waals surface area contributed by atoms with Crippen LogP contribution in [-0.2, 0) is 4.74 Å². The van der Waals surface area contributed by atoms with Gasteiger partial charge in [-0.2, -0.15) is 5.10 Å². The lowest BCUT2D eigenvalue weighted by Crippen LogP contribution is -2.27. The van der Waals surface area contributed by atoms with Crippen LogP contribution < -0.4 is 0 Å². The lowest BCUT2D eigenvalue weighted by molar-refractivity contribution is 0.0522. The Hall–Kier alpha value is -1.50.